The first-order valence-electron chi connectivity index (χ1n) is 11.5. The third-order valence-corrected chi connectivity index (χ3v) is 5.38. The average molecular weight is 751 g/mol. The fourth-order valence-electron chi connectivity index (χ4n) is 3.60. The molecular weight excluding hydrogens is 730 g/mol. The number of hydrogen-bond acceptors (Lipinski definition) is 3. The van der Waals surface area contributed by atoms with Crippen molar-refractivity contribution in [1.29, 1.82) is 0 Å². The van der Waals surface area contributed by atoms with Gasteiger partial charge in [-0.1, -0.05) is 53.2 Å². The third-order valence-electron chi connectivity index (χ3n) is 5.38. The standard InChI is InChI=1S/C23H14N.C10H7N2.B.Ir.Y/c1-2-7-18(8-3-1)19-12-14-20(15-13-19)21-9-6-10-22(17-21)23-11-4-5-16-24-23;1-2-5-9(6-3-1)10-11-7-4-8-12-10;;;/h1-9,11-14,16H;1-5,7-8H;;;/q-3;-1;;;. The van der Waals surface area contributed by atoms with Gasteiger partial charge in [0, 0.05) is 79.8 Å². The molecule has 2 aromatic heterocycles. The van der Waals surface area contributed by atoms with Crippen LogP contribution in [-0.2, 0) is 52.8 Å². The van der Waals surface area contributed by atoms with E-state index in [0.717, 1.165) is 39.3 Å². The second kappa shape index (κ2) is 16.8. The SMILES string of the molecule is [B].[Ir].[Y].[c-]1ccc(-c2[c-]cc(-c3ccccc3)cc2)[c-]c1-c1ccccn1.[c-]1ccccc1-c1ncccn1. The van der Waals surface area contributed by atoms with E-state index in [1.54, 1.807) is 24.7 Å². The largest absolute Gasteiger partial charge is 0.352 e. The summed E-state index contributed by atoms with van der Waals surface area (Å²) in [5.41, 5.74) is 7.04. The monoisotopic (exact) mass is 752 g/mol. The van der Waals surface area contributed by atoms with E-state index in [0.29, 0.717) is 0 Å². The van der Waals surface area contributed by atoms with E-state index in [9.17, 15) is 0 Å². The number of pyridine rings is 1. The van der Waals surface area contributed by atoms with E-state index < -0.39 is 0 Å². The topological polar surface area (TPSA) is 38.7 Å². The molecule has 0 saturated carbocycles. The van der Waals surface area contributed by atoms with Crippen LogP contribution in [0.15, 0.2) is 128 Å². The van der Waals surface area contributed by atoms with Crippen molar-refractivity contribution >= 4 is 8.41 Å². The van der Waals surface area contributed by atoms with E-state index >= 15 is 0 Å². The van der Waals surface area contributed by atoms with E-state index in [1.807, 2.05) is 78.9 Å². The zero-order valence-corrected chi connectivity index (χ0v) is 26.2. The summed E-state index contributed by atoms with van der Waals surface area (Å²) in [7, 11) is 0. The molecule has 0 amide bonds. The summed E-state index contributed by atoms with van der Waals surface area (Å²) in [4.78, 5) is 12.6. The number of hydrogen-bond donors (Lipinski definition) is 0. The van der Waals surface area contributed by atoms with Crippen LogP contribution in [0.4, 0.5) is 0 Å². The van der Waals surface area contributed by atoms with Crippen molar-refractivity contribution in [3.63, 3.8) is 0 Å². The molecule has 3 nitrogen and oxygen atoms in total. The van der Waals surface area contributed by atoms with E-state index in [4.69, 9.17) is 0 Å². The van der Waals surface area contributed by atoms with Crippen molar-refractivity contribution in [2.75, 3.05) is 0 Å². The molecule has 5 radical (unpaired) electrons. The van der Waals surface area contributed by atoms with Crippen LogP contribution in [0.25, 0.3) is 44.9 Å². The van der Waals surface area contributed by atoms with Crippen molar-refractivity contribution in [2.24, 2.45) is 0 Å². The summed E-state index contributed by atoms with van der Waals surface area (Å²) >= 11 is 0. The molecule has 0 spiro atoms. The van der Waals surface area contributed by atoms with E-state index in [1.165, 1.54) is 5.56 Å². The molecule has 0 aliphatic carbocycles. The second-order valence-electron chi connectivity index (χ2n) is 7.81. The van der Waals surface area contributed by atoms with Gasteiger partial charge in [0.05, 0.1) is 5.82 Å². The maximum atomic E-state index is 4.36. The Morgan fingerprint density at radius 2 is 1.26 bits per heavy atom. The van der Waals surface area contributed by atoms with Gasteiger partial charge in [0.15, 0.2) is 0 Å². The quantitative estimate of drug-likeness (QED) is 0.143. The van der Waals surface area contributed by atoms with Crippen molar-refractivity contribution < 1.29 is 52.8 Å². The minimum absolute atomic E-state index is 0. The molecule has 0 aliphatic rings. The van der Waals surface area contributed by atoms with Crippen LogP contribution in [-0.4, -0.2) is 23.4 Å². The Balaban J connectivity index is 0.000000304. The first kappa shape index (κ1) is 32.1. The number of nitrogens with zero attached hydrogens (tertiary/aromatic N) is 3. The van der Waals surface area contributed by atoms with Crippen LogP contribution in [0.5, 0.6) is 0 Å². The van der Waals surface area contributed by atoms with Crippen molar-refractivity contribution in [3.8, 4) is 44.9 Å². The molecule has 2 heterocycles. The molecule has 6 rings (SSSR count). The summed E-state index contributed by atoms with van der Waals surface area (Å²) in [6, 6.07) is 48.8. The number of rotatable bonds is 4. The molecule has 187 valence electrons. The Morgan fingerprint density at radius 1 is 0.513 bits per heavy atom. The Bertz CT molecular complexity index is 1470. The first-order valence-corrected chi connectivity index (χ1v) is 11.5. The van der Waals surface area contributed by atoms with Gasteiger partial charge in [-0.15, -0.1) is 66.2 Å². The molecular formula is C33H21BIrN3Y-4. The molecule has 0 bridgehead atoms. The van der Waals surface area contributed by atoms with Gasteiger partial charge in [-0.05, 0) is 12.1 Å². The van der Waals surface area contributed by atoms with E-state index in [-0.39, 0.29) is 61.2 Å². The molecule has 6 aromatic rings. The van der Waals surface area contributed by atoms with Gasteiger partial charge < -0.3 is 11.1 Å². The summed E-state index contributed by atoms with van der Waals surface area (Å²) < 4.78 is 0. The second-order valence-corrected chi connectivity index (χ2v) is 7.81. The molecule has 0 N–H and O–H groups in total. The van der Waals surface area contributed by atoms with Gasteiger partial charge in [-0.25, -0.2) is 6.07 Å². The maximum Gasteiger partial charge on any atom is 0.0748 e. The van der Waals surface area contributed by atoms with Gasteiger partial charge in [-0.3, -0.25) is 33.2 Å². The molecule has 0 aliphatic heterocycles. The molecule has 0 unspecified atom stereocenters. The Morgan fingerprint density at radius 3 is 1.92 bits per heavy atom. The Labute approximate surface area is 271 Å². The summed E-state index contributed by atoms with van der Waals surface area (Å²) in [5, 5.41) is 0. The summed E-state index contributed by atoms with van der Waals surface area (Å²) in [6.07, 6.45) is 5.23. The third kappa shape index (κ3) is 8.98. The zero-order valence-electron chi connectivity index (χ0n) is 21.0. The predicted octanol–water partition coefficient (Wildman–Crippen LogP) is 7.04. The predicted molar refractivity (Wildman–Crippen MR) is 149 cm³/mol. The smallest absolute Gasteiger partial charge is 0.0748 e. The zero-order chi connectivity index (χ0) is 24.4. The van der Waals surface area contributed by atoms with Crippen LogP contribution in [0.1, 0.15) is 0 Å². The van der Waals surface area contributed by atoms with Crippen LogP contribution in [0, 0.1) is 24.3 Å². The Kier molecular flexibility index (Phi) is 13.8. The van der Waals surface area contributed by atoms with Crippen LogP contribution in [0.3, 0.4) is 0 Å². The molecule has 0 saturated heterocycles. The summed E-state index contributed by atoms with van der Waals surface area (Å²) in [5.74, 6) is 0.720. The normalized spacial score (nSPS) is 9.44. The molecule has 4 aromatic carbocycles. The molecule has 0 atom stereocenters. The van der Waals surface area contributed by atoms with Crippen molar-refractivity contribution in [1.82, 2.24) is 15.0 Å². The van der Waals surface area contributed by atoms with Gasteiger partial charge in [0.2, 0.25) is 0 Å². The van der Waals surface area contributed by atoms with Gasteiger partial charge >= 0.3 is 0 Å². The van der Waals surface area contributed by atoms with Crippen LogP contribution in [0.2, 0.25) is 0 Å². The minimum Gasteiger partial charge on any atom is -0.352 e. The molecule has 6 heteroatoms. The van der Waals surface area contributed by atoms with E-state index in [2.05, 4.69) is 63.5 Å². The molecule has 39 heavy (non-hydrogen) atoms. The fraction of sp³-hybridized carbons (Fsp3) is 0. The summed E-state index contributed by atoms with van der Waals surface area (Å²) in [6.45, 7) is 0. The van der Waals surface area contributed by atoms with Crippen LogP contribution >= 0.6 is 0 Å². The first-order chi connectivity index (χ1) is 17.9. The van der Waals surface area contributed by atoms with Crippen molar-refractivity contribution in [3.05, 3.63) is 152 Å². The van der Waals surface area contributed by atoms with Gasteiger partial charge in [0.25, 0.3) is 0 Å². The van der Waals surface area contributed by atoms with Gasteiger partial charge in [-0.2, -0.15) is 5.56 Å². The minimum atomic E-state index is 0. The van der Waals surface area contributed by atoms with Crippen LogP contribution < -0.4 is 0 Å². The number of aromatic nitrogens is 3. The number of benzene rings is 4. The van der Waals surface area contributed by atoms with Gasteiger partial charge in [0.1, 0.15) is 0 Å². The molecule has 0 fully saturated rings. The Hall–Kier alpha value is -3.07. The fourth-order valence-corrected chi connectivity index (χ4v) is 3.60. The average Bonchev–Trinajstić information content (AvgIpc) is 2.99. The van der Waals surface area contributed by atoms with Crippen molar-refractivity contribution in [2.45, 2.75) is 0 Å². The maximum absolute atomic E-state index is 4.36.